The van der Waals surface area contributed by atoms with Crippen LogP contribution in [0.5, 0.6) is 5.75 Å². The molecule has 0 saturated heterocycles. The van der Waals surface area contributed by atoms with Crippen molar-refractivity contribution in [1.29, 1.82) is 0 Å². The maximum absolute atomic E-state index is 15.9. The lowest BCUT2D eigenvalue weighted by Gasteiger charge is -2.17. The van der Waals surface area contributed by atoms with Gasteiger partial charge in [0.2, 0.25) is 5.91 Å². The average molecular weight is 613 g/mol. The summed E-state index contributed by atoms with van der Waals surface area (Å²) in [6, 6.07) is 10.7. The molecule has 0 spiro atoms. The van der Waals surface area contributed by atoms with Gasteiger partial charge in [0.25, 0.3) is 0 Å². The van der Waals surface area contributed by atoms with E-state index in [0.717, 1.165) is 28.7 Å². The van der Waals surface area contributed by atoms with Crippen molar-refractivity contribution < 1.29 is 27.5 Å². The van der Waals surface area contributed by atoms with E-state index in [1.54, 1.807) is 23.7 Å². The highest BCUT2D eigenvalue weighted by molar-refractivity contribution is 6.07. The minimum absolute atomic E-state index is 0.0127. The van der Waals surface area contributed by atoms with Gasteiger partial charge < -0.3 is 19.2 Å². The van der Waals surface area contributed by atoms with E-state index < -0.39 is 17.7 Å². The van der Waals surface area contributed by atoms with Crippen molar-refractivity contribution in [3.05, 3.63) is 84.4 Å². The first-order valence-electron chi connectivity index (χ1n) is 14.1. The molecule has 230 valence electrons. The third-order valence-corrected chi connectivity index (χ3v) is 7.68. The number of fused-ring (bicyclic) bond motifs is 2. The van der Waals surface area contributed by atoms with Crippen molar-refractivity contribution in [3.8, 4) is 39.5 Å². The van der Waals surface area contributed by atoms with Crippen LogP contribution in [0, 0.1) is 18.6 Å². The van der Waals surface area contributed by atoms with Gasteiger partial charge in [-0.05, 0) is 38.1 Å². The number of carbonyl (C=O) groups excluding carboxylic acids is 1. The quantitative estimate of drug-likeness (QED) is 0.135. The van der Waals surface area contributed by atoms with Crippen molar-refractivity contribution in [2.45, 2.75) is 19.9 Å². The first-order valence-corrected chi connectivity index (χ1v) is 14.1. The Labute approximate surface area is 256 Å². The number of carbonyl (C=O) groups is 1. The molecule has 12 heteroatoms. The Balaban J connectivity index is 1.62. The second kappa shape index (κ2) is 12.0. The van der Waals surface area contributed by atoms with E-state index in [2.05, 4.69) is 27.2 Å². The molecule has 1 amide bonds. The minimum Gasteiger partial charge on any atom is -0.490 e. The summed E-state index contributed by atoms with van der Waals surface area (Å²) in [5.41, 5.74) is 4.84. The Bertz CT molecular complexity index is 2080. The van der Waals surface area contributed by atoms with Crippen LogP contribution in [0.2, 0.25) is 0 Å². The zero-order valence-electron chi connectivity index (χ0n) is 25.1. The largest absolute Gasteiger partial charge is 0.490 e. The second-order valence-electron chi connectivity index (χ2n) is 10.5. The average Bonchev–Trinajstić information content (AvgIpc) is 3.76. The van der Waals surface area contributed by atoms with Crippen LogP contribution in [0.25, 0.3) is 55.6 Å². The molecule has 0 fully saturated rings. The molecule has 0 aliphatic carbocycles. The molecule has 6 aromatic rings. The molecule has 0 aliphatic heterocycles. The molecule has 1 atom stereocenters. The molecule has 4 aromatic heterocycles. The van der Waals surface area contributed by atoms with Crippen LogP contribution < -0.4 is 10.1 Å². The van der Waals surface area contributed by atoms with Crippen molar-refractivity contribution in [2.75, 3.05) is 20.3 Å². The summed E-state index contributed by atoms with van der Waals surface area (Å²) in [5, 5.41) is 16.4. The van der Waals surface area contributed by atoms with E-state index in [9.17, 15) is 9.18 Å². The van der Waals surface area contributed by atoms with E-state index in [4.69, 9.17) is 18.9 Å². The van der Waals surface area contributed by atoms with Crippen LogP contribution in [-0.4, -0.2) is 51.2 Å². The summed E-state index contributed by atoms with van der Waals surface area (Å²) in [4.78, 5) is 17.0. The SMILES string of the molecule is C=CC(=O)NC(C)c1cc(-c2nc(-c3ccc4c(C)n(C)nc4c3)c3occc3c2-c2c(F)cc(F)cc2OCCOC)n[nH]1. The molecular formula is C33H30F2N6O4. The Hall–Kier alpha value is -5.36. The van der Waals surface area contributed by atoms with Gasteiger partial charge >= 0.3 is 0 Å². The summed E-state index contributed by atoms with van der Waals surface area (Å²) in [6.07, 6.45) is 2.66. The van der Waals surface area contributed by atoms with Crippen LogP contribution >= 0.6 is 0 Å². The topological polar surface area (TPSA) is 120 Å². The van der Waals surface area contributed by atoms with Crippen LogP contribution in [0.15, 0.2) is 65.8 Å². The predicted molar refractivity (Wildman–Crippen MR) is 166 cm³/mol. The number of aromatic nitrogens is 5. The van der Waals surface area contributed by atoms with Crippen LogP contribution in [0.4, 0.5) is 8.78 Å². The van der Waals surface area contributed by atoms with Gasteiger partial charge in [0, 0.05) is 53.9 Å². The Kier molecular flexibility index (Phi) is 7.90. The third-order valence-electron chi connectivity index (χ3n) is 7.68. The second-order valence-corrected chi connectivity index (χ2v) is 10.5. The van der Waals surface area contributed by atoms with Crippen molar-refractivity contribution in [1.82, 2.24) is 30.3 Å². The van der Waals surface area contributed by atoms with Gasteiger partial charge in [0.1, 0.15) is 41.1 Å². The molecule has 1 unspecified atom stereocenters. The maximum atomic E-state index is 15.9. The van der Waals surface area contributed by atoms with E-state index in [1.807, 2.05) is 32.2 Å². The zero-order chi connectivity index (χ0) is 31.8. The molecule has 0 saturated carbocycles. The number of pyridine rings is 1. The minimum atomic E-state index is -0.853. The first kappa shape index (κ1) is 29.7. The lowest BCUT2D eigenvalue weighted by Crippen LogP contribution is -2.24. The number of aryl methyl sites for hydroxylation is 2. The molecule has 10 nitrogen and oxygen atoms in total. The van der Waals surface area contributed by atoms with E-state index >= 15 is 4.39 Å². The molecule has 0 bridgehead atoms. The molecular weight excluding hydrogens is 582 g/mol. The van der Waals surface area contributed by atoms with Crippen LogP contribution in [0.3, 0.4) is 0 Å². The molecule has 4 heterocycles. The van der Waals surface area contributed by atoms with Gasteiger partial charge in [-0.3, -0.25) is 14.6 Å². The number of halogens is 2. The van der Waals surface area contributed by atoms with E-state index in [0.29, 0.717) is 39.2 Å². The number of aromatic amines is 1. The van der Waals surface area contributed by atoms with Gasteiger partial charge in [-0.15, -0.1) is 0 Å². The number of amides is 1. The van der Waals surface area contributed by atoms with Gasteiger partial charge in [0.15, 0.2) is 5.58 Å². The van der Waals surface area contributed by atoms with E-state index in [1.165, 1.54) is 19.4 Å². The van der Waals surface area contributed by atoms with Gasteiger partial charge in [0.05, 0.1) is 35.7 Å². The highest BCUT2D eigenvalue weighted by atomic mass is 19.1. The number of furan rings is 1. The number of rotatable bonds is 10. The number of methoxy groups -OCH3 is 1. The molecule has 45 heavy (non-hydrogen) atoms. The van der Waals surface area contributed by atoms with E-state index in [-0.39, 0.29) is 36.1 Å². The number of nitrogens with one attached hydrogen (secondary N) is 2. The molecule has 0 radical (unpaired) electrons. The standard InChI is InChI=1S/C33H30F2N6O4/c1-6-28(42)36-17(2)24-16-26(39-38-24)32-29(30-23(35)14-20(34)15-27(30)44-12-11-43-5)22-9-10-45-33(22)31(37-32)19-7-8-21-18(3)41(4)40-25(21)13-19/h6-10,13-17H,1,11-12H2,2-5H3,(H,36,42)(H,38,39). The van der Waals surface area contributed by atoms with Crippen molar-refractivity contribution in [2.24, 2.45) is 7.05 Å². The van der Waals surface area contributed by atoms with Gasteiger partial charge in [-0.25, -0.2) is 13.8 Å². The number of nitrogens with zero attached hydrogens (tertiary/aromatic N) is 4. The third kappa shape index (κ3) is 5.44. The Morgan fingerprint density at radius 2 is 1.96 bits per heavy atom. The van der Waals surface area contributed by atoms with Gasteiger partial charge in [-0.1, -0.05) is 18.7 Å². The lowest BCUT2D eigenvalue weighted by molar-refractivity contribution is -0.117. The van der Waals surface area contributed by atoms with Crippen molar-refractivity contribution >= 4 is 27.8 Å². The fraction of sp³-hybridized carbons (Fsp3) is 0.212. The molecule has 6 rings (SSSR count). The number of ether oxygens (including phenoxy) is 2. The fourth-order valence-electron chi connectivity index (χ4n) is 5.32. The maximum Gasteiger partial charge on any atom is 0.243 e. The summed E-state index contributed by atoms with van der Waals surface area (Å²) >= 11 is 0. The van der Waals surface area contributed by atoms with Crippen molar-refractivity contribution in [3.63, 3.8) is 0 Å². The number of hydrogen-bond acceptors (Lipinski definition) is 7. The summed E-state index contributed by atoms with van der Waals surface area (Å²) in [6.45, 7) is 7.52. The number of hydrogen-bond donors (Lipinski definition) is 2. The highest BCUT2D eigenvalue weighted by Crippen LogP contribution is 2.45. The summed E-state index contributed by atoms with van der Waals surface area (Å²) < 4.78 is 49.1. The zero-order valence-corrected chi connectivity index (χ0v) is 25.1. The summed E-state index contributed by atoms with van der Waals surface area (Å²) in [7, 11) is 3.38. The Morgan fingerprint density at radius 3 is 2.73 bits per heavy atom. The normalized spacial score (nSPS) is 12.1. The number of benzene rings is 2. The molecule has 2 N–H and O–H groups in total. The lowest BCUT2D eigenvalue weighted by atomic mass is 9.94. The summed E-state index contributed by atoms with van der Waals surface area (Å²) in [5.74, 6) is -2.04. The fourth-order valence-corrected chi connectivity index (χ4v) is 5.32. The monoisotopic (exact) mass is 612 g/mol. The smallest absolute Gasteiger partial charge is 0.243 e. The number of H-pyrrole nitrogens is 1. The molecule has 2 aromatic carbocycles. The highest BCUT2D eigenvalue weighted by Gasteiger charge is 2.27. The predicted octanol–water partition coefficient (Wildman–Crippen LogP) is 6.41. The Morgan fingerprint density at radius 1 is 1.13 bits per heavy atom. The molecule has 0 aliphatic rings. The van der Waals surface area contributed by atoms with Crippen LogP contribution in [-0.2, 0) is 16.6 Å². The van der Waals surface area contributed by atoms with Gasteiger partial charge in [-0.2, -0.15) is 10.2 Å². The van der Waals surface area contributed by atoms with Crippen LogP contribution in [0.1, 0.15) is 24.4 Å². The first-order chi connectivity index (χ1) is 21.7.